The van der Waals surface area contributed by atoms with Gasteiger partial charge in [0.1, 0.15) is 4.75 Å². The normalized spacial score (nSPS) is 12.9. The van der Waals surface area contributed by atoms with Gasteiger partial charge in [-0.2, -0.15) is 0 Å². The first-order chi connectivity index (χ1) is 15.8. The predicted molar refractivity (Wildman–Crippen MR) is 140 cm³/mol. The van der Waals surface area contributed by atoms with Gasteiger partial charge in [0.25, 0.3) is 0 Å². The Morgan fingerprint density at radius 3 is 2.24 bits per heavy atom. The van der Waals surface area contributed by atoms with Crippen LogP contribution in [0.4, 0.5) is 5.69 Å². The molecule has 0 saturated carbocycles. The Morgan fingerprint density at radius 1 is 1.06 bits per heavy atom. The quantitative estimate of drug-likeness (QED) is 0.370. The number of aryl methyl sites for hydroxylation is 1. The number of hydrogen-bond donors (Lipinski definition) is 3. The Balaban J connectivity index is 1.94. The number of rotatable bonds is 11. The van der Waals surface area contributed by atoms with Crippen LogP contribution in [0, 0.1) is 6.92 Å². The first kappa shape index (κ1) is 27.9. The van der Waals surface area contributed by atoms with Gasteiger partial charge in [0, 0.05) is 36.7 Å². The Hall–Kier alpha value is -2.35. The van der Waals surface area contributed by atoms with E-state index in [1.54, 1.807) is 21.0 Å². The van der Waals surface area contributed by atoms with Crippen molar-refractivity contribution in [1.29, 1.82) is 0 Å². The van der Waals surface area contributed by atoms with Crippen molar-refractivity contribution in [3.63, 3.8) is 0 Å². The minimum Gasteiger partial charge on any atom is -0.480 e. The van der Waals surface area contributed by atoms with Gasteiger partial charge in [-0.1, -0.05) is 45.0 Å². The lowest BCUT2D eigenvalue weighted by Gasteiger charge is -2.21. The third-order valence-corrected chi connectivity index (χ3v) is 6.77. The van der Waals surface area contributed by atoms with Gasteiger partial charge in [0.15, 0.2) is 0 Å². The van der Waals surface area contributed by atoms with Crippen LogP contribution in [0.2, 0.25) is 0 Å². The molecule has 0 bridgehead atoms. The number of carbonyl (C=O) groups is 2. The number of ether oxygens (including phenoxy) is 1. The average molecular weight is 487 g/mol. The second kappa shape index (κ2) is 11.9. The smallest absolute Gasteiger partial charge is 0.319 e. The standard InChI is InChI=1S/C27H38N2O4S/c1-18-14-20(26(2,3)4)10-13-23(18)29-24(30)15-21(17-33-7)28-16-19-8-11-22(12-9-19)34-27(5,6)25(31)32/h8-14,21,28H,15-17H2,1-7H3,(H,29,30)(H,31,32). The Bertz CT molecular complexity index is 981. The maximum atomic E-state index is 12.7. The van der Waals surface area contributed by atoms with Gasteiger partial charge < -0.3 is 20.5 Å². The summed E-state index contributed by atoms with van der Waals surface area (Å²) in [6, 6.07) is 13.8. The topological polar surface area (TPSA) is 87.7 Å². The van der Waals surface area contributed by atoms with Crippen molar-refractivity contribution in [1.82, 2.24) is 5.32 Å². The zero-order chi connectivity index (χ0) is 25.5. The van der Waals surface area contributed by atoms with E-state index in [1.807, 2.05) is 37.3 Å². The molecule has 0 heterocycles. The molecule has 1 atom stereocenters. The van der Waals surface area contributed by atoms with Crippen molar-refractivity contribution in [2.75, 3.05) is 19.0 Å². The van der Waals surface area contributed by atoms with E-state index in [9.17, 15) is 14.7 Å². The van der Waals surface area contributed by atoms with Crippen molar-refractivity contribution in [3.05, 3.63) is 59.2 Å². The zero-order valence-electron chi connectivity index (χ0n) is 21.3. The van der Waals surface area contributed by atoms with E-state index < -0.39 is 10.7 Å². The number of methoxy groups -OCH3 is 1. The number of anilines is 1. The summed E-state index contributed by atoms with van der Waals surface area (Å²) >= 11 is 1.31. The zero-order valence-corrected chi connectivity index (χ0v) is 22.1. The van der Waals surface area contributed by atoms with Gasteiger partial charge in [0.2, 0.25) is 5.91 Å². The molecule has 186 valence electrons. The van der Waals surface area contributed by atoms with E-state index in [0.717, 1.165) is 21.7 Å². The SMILES string of the molecule is COCC(CC(=O)Nc1ccc(C(C)(C)C)cc1C)NCc1ccc(SC(C)(C)C(=O)O)cc1. The Labute approximate surface area is 207 Å². The van der Waals surface area contributed by atoms with Gasteiger partial charge in [-0.25, -0.2) is 0 Å². The van der Waals surface area contributed by atoms with Crippen LogP contribution < -0.4 is 10.6 Å². The molecule has 1 amide bonds. The average Bonchev–Trinajstić information content (AvgIpc) is 2.73. The van der Waals surface area contributed by atoms with E-state index in [4.69, 9.17) is 4.74 Å². The number of carboxylic acid groups (broad SMARTS) is 1. The number of hydrogen-bond acceptors (Lipinski definition) is 5. The molecule has 0 aliphatic rings. The van der Waals surface area contributed by atoms with Crippen LogP contribution >= 0.6 is 11.8 Å². The van der Waals surface area contributed by atoms with Crippen molar-refractivity contribution in [2.24, 2.45) is 0 Å². The van der Waals surface area contributed by atoms with Gasteiger partial charge in [-0.15, -0.1) is 11.8 Å². The maximum Gasteiger partial charge on any atom is 0.319 e. The van der Waals surface area contributed by atoms with Crippen LogP contribution in [0.1, 0.15) is 57.7 Å². The predicted octanol–water partition coefficient (Wildman–Crippen LogP) is 5.38. The van der Waals surface area contributed by atoms with Crippen molar-refractivity contribution in [3.8, 4) is 0 Å². The molecule has 2 aromatic rings. The van der Waals surface area contributed by atoms with Crippen molar-refractivity contribution in [2.45, 2.75) is 75.6 Å². The van der Waals surface area contributed by atoms with Crippen molar-refractivity contribution >= 4 is 29.3 Å². The second-order valence-electron chi connectivity index (χ2n) is 10.1. The number of aliphatic carboxylic acids is 1. The van der Waals surface area contributed by atoms with Crippen LogP contribution in [-0.4, -0.2) is 41.5 Å². The first-order valence-electron chi connectivity index (χ1n) is 11.5. The fraction of sp³-hybridized carbons (Fsp3) is 0.481. The largest absolute Gasteiger partial charge is 0.480 e. The fourth-order valence-corrected chi connectivity index (χ4v) is 4.31. The molecule has 6 nitrogen and oxygen atoms in total. The van der Waals surface area contributed by atoms with Gasteiger partial charge in [0.05, 0.1) is 6.61 Å². The molecule has 2 aromatic carbocycles. The number of carboxylic acids is 1. The molecular formula is C27H38N2O4S. The van der Waals surface area contributed by atoms with Crippen LogP contribution in [0.25, 0.3) is 0 Å². The highest BCUT2D eigenvalue weighted by molar-refractivity contribution is 8.01. The molecule has 0 spiro atoms. The van der Waals surface area contributed by atoms with Crippen LogP contribution in [0.3, 0.4) is 0 Å². The molecule has 1 unspecified atom stereocenters. The van der Waals surface area contributed by atoms with E-state index in [-0.39, 0.29) is 23.8 Å². The van der Waals surface area contributed by atoms with Crippen molar-refractivity contribution < 1.29 is 19.4 Å². The summed E-state index contributed by atoms with van der Waals surface area (Å²) in [5, 5.41) is 15.7. The van der Waals surface area contributed by atoms with Gasteiger partial charge in [-0.3, -0.25) is 9.59 Å². The molecule has 3 N–H and O–H groups in total. The third kappa shape index (κ3) is 8.46. The Morgan fingerprint density at radius 2 is 1.71 bits per heavy atom. The van der Waals surface area contributed by atoms with Crippen LogP contribution in [-0.2, 0) is 26.3 Å². The molecule has 2 rings (SSSR count). The van der Waals surface area contributed by atoms with E-state index in [0.29, 0.717) is 13.2 Å². The summed E-state index contributed by atoms with van der Waals surface area (Å²) < 4.78 is 4.43. The van der Waals surface area contributed by atoms with Gasteiger partial charge in [-0.05, 0) is 61.1 Å². The van der Waals surface area contributed by atoms with Crippen LogP contribution in [0.5, 0.6) is 0 Å². The number of amides is 1. The van der Waals surface area contributed by atoms with E-state index in [1.165, 1.54) is 17.3 Å². The summed E-state index contributed by atoms with van der Waals surface area (Å²) in [7, 11) is 1.62. The highest BCUT2D eigenvalue weighted by Crippen LogP contribution is 2.32. The number of carbonyl (C=O) groups excluding carboxylic acids is 1. The molecule has 0 fully saturated rings. The highest BCUT2D eigenvalue weighted by atomic mass is 32.2. The third-order valence-electron chi connectivity index (χ3n) is 5.57. The molecular weight excluding hydrogens is 448 g/mol. The summed E-state index contributed by atoms with van der Waals surface area (Å²) in [4.78, 5) is 25.0. The summed E-state index contributed by atoms with van der Waals surface area (Å²) in [6.45, 7) is 12.9. The monoisotopic (exact) mass is 486 g/mol. The molecule has 0 aromatic heterocycles. The molecule has 0 saturated heterocycles. The lowest BCUT2D eigenvalue weighted by molar-refractivity contribution is -0.138. The van der Waals surface area contributed by atoms with Gasteiger partial charge >= 0.3 is 5.97 Å². The summed E-state index contributed by atoms with van der Waals surface area (Å²) in [6.07, 6.45) is 0.287. The highest BCUT2D eigenvalue weighted by Gasteiger charge is 2.28. The molecule has 0 radical (unpaired) electrons. The Kier molecular flexibility index (Phi) is 9.74. The lowest BCUT2D eigenvalue weighted by atomic mass is 9.86. The second-order valence-corrected chi connectivity index (χ2v) is 11.8. The van der Waals surface area contributed by atoms with Crippen LogP contribution in [0.15, 0.2) is 47.4 Å². The van der Waals surface area contributed by atoms with E-state index in [2.05, 4.69) is 43.5 Å². The first-order valence-corrected chi connectivity index (χ1v) is 12.3. The lowest BCUT2D eigenvalue weighted by Crippen LogP contribution is -2.36. The number of thioether (sulfide) groups is 1. The van der Waals surface area contributed by atoms with E-state index >= 15 is 0 Å². The minimum absolute atomic E-state index is 0.0597. The number of nitrogens with one attached hydrogen (secondary N) is 2. The summed E-state index contributed by atoms with van der Waals surface area (Å²) in [5.74, 6) is -0.909. The number of benzene rings is 2. The molecule has 7 heteroatoms. The molecule has 0 aliphatic heterocycles. The fourth-order valence-electron chi connectivity index (χ4n) is 3.36. The summed E-state index contributed by atoms with van der Waals surface area (Å²) in [5.41, 5.74) is 4.21. The minimum atomic E-state index is -0.887. The molecule has 0 aliphatic carbocycles. The molecule has 34 heavy (non-hydrogen) atoms. The maximum absolute atomic E-state index is 12.7.